The van der Waals surface area contributed by atoms with Crippen LogP contribution in [-0.2, 0) is 9.47 Å². The van der Waals surface area contributed by atoms with Crippen molar-refractivity contribution < 1.29 is 14.4 Å². The van der Waals surface area contributed by atoms with Crippen LogP contribution in [0, 0.1) is 45.3 Å². The van der Waals surface area contributed by atoms with Gasteiger partial charge < -0.3 is 15.2 Å². The molecular weight excluding hydrogens is 294 g/mol. The molecule has 1 saturated carbocycles. The predicted molar refractivity (Wildman–Crippen MR) is 77.8 cm³/mol. The van der Waals surface area contributed by atoms with Gasteiger partial charge in [0.2, 0.25) is 11.6 Å². The fraction of sp³-hybridized carbons (Fsp3) is 0.688. The van der Waals surface area contributed by atoms with E-state index in [0.29, 0.717) is 19.6 Å². The van der Waals surface area contributed by atoms with E-state index in [1.165, 1.54) is 4.90 Å². The standard InChI is InChI=1S/C16H19N5O2/c17-9-12-14(20)23-16(21-5-7-22-8-6-21)4-2-1-3-13(16)15(12,10-18)11-19/h13H,1-8,20H2/p+1/t13-,16+/m0/s1. The molecule has 0 radical (unpaired) electrons. The van der Waals surface area contributed by atoms with Gasteiger partial charge in [-0.3, -0.25) is 4.90 Å². The van der Waals surface area contributed by atoms with Crippen molar-refractivity contribution in [2.24, 2.45) is 17.1 Å². The summed E-state index contributed by atoms with van der Waals surface area (Å²) in [6.45, 7) is 2.74. The van der Waals surface area contributed by atoms with E-state index in [4.69, 9.17) is 15.2 Å². The van der Waals surface area contributed by atoms with Crippen LogP contribution in [0.3, 0.4) is 0 Å². The lowest BCUT2D eigenvalue weighted by Crippen LogP contribution is -3.23. The molecule has 0 amide bonds. The van der Waals surface area contributed by atoms with Gasteiger partial charge in [-0.15, -0.1) is 0 Å². The Kier molecular flexibility index (Phi) is 3.90. The molecule has 2 aliphatic heterocycles. The summed E-state index contributed by atoms with van der Waals surface area (Å²) in [6, 6.07) is 6.18. The molecule has 2 fully saturated rings. The molecule has 0 unspecified atom stereocenters. The van der Waals surface area contributed by atoms with E-state index < -0.39 is 11.1 Å². The van der Waals surface area contributed by atoms with E-state index in [1.54, 1.807) is 0 Å². The summed E-state index contributed by atoms with van der Waals surface area (Å²) in [7, 11) is 0. The Balaban J connectivity index is 2.16. The Morgan fingerprint density at radius 2 is 1.83 bits per heavy atom. The van der Waals surface area contributed by atoms with E-state index >= 15 is 0 Å². The first-order valence-electron chi connectivity index (χ1n) is 7.99. The fourth-order valence-electron chi connectivity index (χ4n) is 4.42. The molecular formula is C16H20N5O2+. The number of nitrogens with one attached hydrogen (secondary N) is 1. The maximum absolute atomic E-state index is 9.81. The van der Waals surface area contributed by atoms with Crippen LogP contribution in [0.2, 0.25) is 0 Å². The second kappa shape index (κ2) is 5.74. The van der Waals surface area contributed by atoms with E-state index in [9.17, 15) is 15.8 Å². The molecule has 120 valence electrons. The van der Waals surface area contributed by atoms with Gasteiger partial charge in [0.25, 0.3) is 0 Å². The van der Waals surface area contributed by atoms with Crippen molar-refractivity contribution >= 4 is 0 Å². The van der Waals surface area contributed by atoms with Gasteiger partial charge in [-0.05, 0) is 12.8 Å². The largest absolute Gasteiger partial charge is 0.424 e. The molecule has 0 aromatic rings. The number of allylic oxidation sites excluding steroid dienone is 1. The molecule has 0 spiro atoms. The van der Waals surface area contributed by atoms with Crippen molar-refractivity contribution in [2.75, 3.05) is 26.3 Å². The van der Waals surface area contributed by atoms with Crippen LogP contribution in [0.5, 0.6) is 0 Å². The summed E-state index contributed by atoms with van der Waals surface area (Å²) in [6.07, 6.45) is 3.30. The zero-order chi connectivity index (χ0) is 16.5. The number of hydrogen-bond donors (Lipinski definition) is 2. The first-order valence-corrected chi connectivity index (χ1v) is 7.99. The maximum Gasteiger partial charge on any atom is 0.249 e. The van der Waals surface area contributed by atoms with Gasteiger partial charge in [-0.2, -0.15) is 15.8 Å². The summed E-state index contributed by atoms with van der Waals surface area (Å²) in [5.74, 6) is -0.415. The Labute approximate surface area is 135 Å². The van der Waals surface area contributed by atoms with Crippen molar-refractivity contribution in [3.63, 3.8) is 0 Å². The minimum absolute atomic E-state index is 0.0299. The highest BCUT2D eigenvalue weighted by atomic mass is 16.5. The van der Waals surface area contributed by atoms with Crippen LogP contribution < -0.4 is 10.6 Å². The molecule has 23 heavy (non-hydrogen) atoms. The summed E-state index contributed by atoms with van der Waals surface area (Å²) < 4.78 is 11.6. The second-order valence-electron chi connectivity index (χ2n) is 6.39. The monoisotopic (exact) mass is 314 g/mol. The van der Waals surface area contributed by atoms with Crippen LogP contribution in [0.15, 0.2) is 11.5 Å². The van der Waals surface area contributed by atoms with E-state index in [1.807, 2.05) is 6.07 Å². The van der Waals surface area contributed by atoms with Gasteiger partial charge >= 0.3 is 0 Å². The summed E-state index contributed by atoms with van der Waals surface area (Å²) in [5.41, 5.74) is 3.74. The van der Waals surface area contributed by atoms with Crippen LogP contribution in [0.1, 0.15) is 25.7 Å². The number of rotatable bonds is 1. The zero-order valence-corrected chi connectivity index (χ0v) is 13.0. The highest BCUT2D eigenvalue weighted by Crippen LogP contribution is 2.51. The van der Waals surface area contributed by atoms with Crippen LogP contribution in [0.25, 0.3) is 0 Å². The van der Waals surface area contributed by atoms with Gasteiger partial charge in [0.1, 0.15) is 24.7 Å². The number of fused-ring (bicyclic) bond motifs is 1. The lowest BCUT2D eigenvalue weighted by atomic mass is 9.61. The fourth-order valence-corrected chi connectivity index (χ4v) is 4.42. The van der Waals surface area contributed by atoms with E-state index in [2.05, 4.69) is 12.1 Å². The van der Waals surface area contributed by atoms with Crippen molar-refractivity contribution in [2.45, 2.75) is 31.4 Å². The third-order valence-electron chi connectivity index (χ3n) is 5.47. The summed E-state index contributed by atoms with van der Waals surface area (Å²) in [4.78, 5) is 1.17. The first-order chi connectivity index (χ1) is 11.1. The minimum atomic E-state index is -1.52. The van der Waals surface area contributed by atoms with Gasteiger partial charge in [0.15, 0.2) is 5.41 Å². The Hall–Kier alpha value is -2.27. The van der Waals surface area contributed by atoms with Crippen LogP contribution in [-0.4, -0.2) is 32.0 Å². The minimum Gasteiger partial charge on any atom is -0.424 e. The van der Waals surface area contributed by atoms with Gasteiger partial charge in [-0.1, -0.05) is 6.42 Å². The zero-order valence-electron chi connectivity index (χ0n) is 13.0. The molecule has 0 aromatic heterocycles. The molecule has 1 saturated heterocycles. The predicted octanol–water partition coefficient (Wildman–Crippen LogP) is -0.454. The molecule has 2 heterocycles. The lowest BCUT2D eigenvalue weighted by Gasteiger charge is -2.53. The lowest BCUT2D eigenvalue weighted by molar-refractivity contribution is -0.992. The SMILES string of the molecule is N#CC1=C(N)O[C@]2([NH+]3CCOCC3)CCCC[C@H]2C1(C#N)C#N. The normalized spacial score (nSPS) is 33.5. The number of quaternary nitrogens is 1. The number of morpholine rings is 1. The molecule has 3 N–H and O–H groups in total. The van der Waals surface area contributed by atoms with Gasteiger partial charge in [-0.25, -0.2) is 0 Å². The Morgan fingerprint density at radius 1 is 1.13 bits per heavy atom. The molecule has 3 aliphatic rings. The molecule has 0 bridgehead atoms. The van der Waals surface area contributed by atoms with Crippen molar-refractivity contribution in [3.8, 4) is 18.2 Å². The molecule has 7 nitrogen and oxygen atoms in total. The van der Waals surface area contributed by atoms with Crippen molar-refractivity contribution in [3.05, 3.63) is 11.5 Å². The van der Waals surface area contributed by atoms with Crippen molar-refractivity contribution in [1.29, 1.82) is 15.8 Å². The highest BCUT2D eigenvalue weighted by molar-refractivity contribution is 5.46. The molecule has 0 aromatic carbocycles. The van der Waals surface area contributed by atoms with Gasteiger partial charge in [0.05, 0.1) is 31.3 Å². The number of nitrogens with two attached hydrogens (primary N) is 1. The number of hydrogen-bond acceptors (Lipinski definition) is 6. The smallest absolute Gasteiger partial charge is 0.249 e. The number of nitrogens with zero attached hydrogens (tertiary/aromatic N) is 3. The van der Waals surface area contributed by atoms with Crippen molar-refractivity contribution in [1.82, 2.24) is 0 Å². The molecule has 7 heteroatoms. The third kappa shape index (κ3) is 2.07. The summed E-state index contributed by atoms with van der Waals surface area (Å²) >= 11 is 0. The quantitative estimate of drug-likeness (QED) is 0.676. The Bertz CT molecular complexity index is 633. The number of ether oxygens (including phenoxy) is 2. The third-order valence-corrected chi connectivity index (χ3v) is 5.47. The maximum atomic E-state index is 9.81. The highest BCUT2D eigenvalue weighted by Gasteiger charge is 2.66. The topological polar surface area (TPSA) is 120 Å². The summed E-state index contributed by atoms with van der Waals surface area (Å²) in [5, 5.41) is 29.1. The van der Waals surface area contributed by atoms with Crippen LogP contribution >= 0.6 is 0 Å². The molecule has 3 rings (SSSR count). The van der Waals surface area contributed by atoms with E-state index in [0.717, 1.165) is 32.4 Å². The average molecular weight is 314 g/mol. The van der Waals surface area contributed by atoms with Crippen LogP contribution in [0.4, 0.5) is 0 Å². The molecule has 2 atom stereocenters. The second-order valence-corrected chi connectivity index (χ2v) is 6.39. The number of nitriles is 3. The van der Waals surface area contributed by atoms with Gasteiger partial charge in [0, 0.05) is 6.42 Å². The Morgan fingerprint density at radius 3 is 2.43 bits per heavy atom. The average Bonchev–Trinajstić information content (AvgIpc) is 2.61. The molecule has 1 aliphatic carbocycles. The first kappa shape index (κ1) is 15.6. The van der Waals surface area contributed by atoms with E-state index in [-0.39, 0.29) is 17.4 Å².